The molecule has 0 spiro atoms. The van der Waals surface area contributed by atoms with E-state index in [1.165, 1.54) is 18.3 Å². The lowest BCUT2D eigenvalue weighted by molar-refractivity contribution is -0.137. The maximum atomic E-state index is 12.9. The van der Waals surface area contributed by atoms with Gasteiger partial charge in [-0.1, -0.05) is 24.3 Å². The van der Waals surface area contributed by atoms with Crippen LogP contribution in [0, 0.1) is 0 Å². The number of carbonyl (C=O) groups is 1. The molecule has 0 unspecified atom stereocenters. The zero-order chi connectivity index (χ0) is 20.0. The molecule has 2 N–H and O–H groups in total. The minimum Gasteiger partial charge on any atom is -0.355 e. The summed E-state index contributed by atoms with van der Waals surface area (Å²) in [5.41, 5.74) is 3.13. The van der Waals surface area contributed by atoms with Crippen molar-refractivity contribution in [1.82, 2.24) is 10.4 Å². The molecular formula is C20H15F3N4O. The van der Waals surface area contributed by atoms with E-state index in [0.29, 0.717) is 11.3 Å². The minimum atomic E-state index is -4.45. The highest BCUT2D eigenvalue weighted by Crippen LogP contribution is 2.31. The Labute approximate surface area is 158 Å². The molecule has 142 valence electrons. The highest BCUT2D eigenvalue weighted by atomic mass is 19.4. The van der Waals surface area contributed by atoms with Crippen molar-refractivity contribution in [2.24, 2.45) is 5.10 Å². The van der Waals surface area contributed by atoms with Crippen molar-refractivity contribution < 1.29 is 18.0 Å². The number of carbonyl (C=O) groups excluding carboxylic acids is 1. The summed E-state index contributed by atoms with van der Waals surface area (Å²) >= 11 is 0. The van der Waals surface area contributed by atoms with Gasteiger partial charge in [0.1, 0.15) is 0 Å². The maximum Gasteiger partial charge on any atom is 0.416 e. The van der Waals surface area contributed by atoms with Crippen LogP contribution in [0.5, 0.6) is 0 Å². The smallest absolute Gasteiger partial charge is 0.355 e. The molecule has 1 heterocycles. The summed E-state index contributed by atoms with van der Waals surface area (Å²) in [6.07, 6.45) is 0.188. The van der Waals surface area contributed by atoms with E-state index in [-0.39, 0.29) is 11.3 Å². The van der Waals surface area contributed by atoms with Crippen LogP contribution in [0.4, 0.5) is 24.5 Å². The summed E-state index contributed by atoms with van der Waals surface area (Å²) < 4.78 is 38.6. The molecule has 8 heteroatoms. The number of anilines is 2. The van der Waals surface area contributed by atoms with E-state index in [1.54, 1.807) is 48.8 Å². The van der Waals surface area contributed by atoms with Crippen molar-refractivity contribution in [3.63, 3.8) is 0 Å². The second-order valence-corrected chi connectivity index (χ2v) is 5.73. The molecule has 0 bridgehead atoms. The number of para-hydroxylation sites is 1. The first-order valence-corrected chi connectivity index (χ1v) is 8.20. The average Bonchev–Trinajstić information content (AvgIpc) is 2.69. The van der Waals surface area contributed by atoms with E-state index in [4.69, 9.17) is 0 Å². The lowest BCUT2D eigenvalue weighted by atomic mass is 10.1. The van der Waals surface area contributed by atoms with E-state index in [9.17, 15) is 18.0 Å². The monoisotopic (exact) mass is 384 g/mol. The van der Waals surface area contributed by atoms with Crippen LogP contribution < -0.4 is 10.7 Å². The van der Waals surface area contributed by atoms with E-state index >= 15 is 0 Å². The lowest BCUT2D eigenvalue weighted by Gasteiger charge is -2.13. The first-order chi connectivity index (χ1) is 13.4. The Morgan fingerprint density at radius 3 is 2.61 bits per heavy atom. The number of hydrogen-bond donors (Lipinski definition) is 2. The quantitative estimate of drug-likeness (QED) is 0.499. The molecule has 0 aliphatic carbocycles. The van der Waals surface area contributed by atoms with Gasteiger partial charge in [0.05, 0.1) is 23.0 Å². The summed E-state index contributed by atoms with van der Waals surface area (Å²) in [7, 11) is 0. The number of hydrazone groups is 1. The van der Waals surface area contributed by atoms with Gasteiger partial charge in [-0.2, -0.15) is 18.3 Å². The van der Waals surface area contributed by atoms with Crippen molar-refractivity contribution in [3.8, 4) is 0 Å². The minimum absolute atomic E-state index is 0.217. The maximum absolute atomic E-state index is 12.9. The second kappa shape index (κ2) is 8.34. The number of aromatic nitrogens is 1. The van der Waals surface area contributed by atoms with Crippen molar-refractivity contribution in [1.29, 1.82) is 0 Å². The fourth-order valence-electron chi connectivity index (χ4n) is 2.40. The topological polar surface area (TPSA) is 66.4 Å². The van der Waals surface area contributed by atoms with Gasteiger partial charge in [-0.05, 0) is 36.4 Å². The van der Waals surface area contributed by atoms with Gasteiger partial charge in [0.25, 0.3) is 5.91 Å². The molecule has 0 radical (unpaired) electrons. The molecule has 3 rings (SSSR count). The summed E-state index contributed by atoms with van der Waals surface area (Å²) in [5.74, 6) is -0.504. The zero-order valence-corrected chi connectivity index (χ0v) is 14.4. The van der Waals surface area contributed by atoms with Gasteiger partial charge in [0, 0.05) is 23.6 Å². The van der Waals surface area contributed by atoms with Gasteiger partial charge in [-0.3, -0.25) is 9.78 Å². The summed E-state index contributed by atoms with van der Waals surface area (Å²) in [5, 5.41) is 6.72. The molecule has 3 aromatic rings. The molecule has 0 fully saturated rings. The Balaban J connectivity index is 1.76. The normalized spacial score (nSPS) is 11.4. The number of halogens is 3. The third-order valence-electron chi connectivity index (χ3n) is 3.70. The van der Waals surface area contributed by atoms with E-state index in [0.717, 1.165) is 12.1 Å². The Kier molecular flexibility index (Phi) is 5.69. The molecule has 5 nitrogen and oxygen atoms in total. The molecule has 0 aliphatic rings. The molecule has 28 heavy (non-hydrogen) atoms. The molecule has 1 amide bonds. The molecule has 1 aromatic heterocycles. The molecule has 0 saturated heterocycles. The zero-order valence-electron chi connectivity index (χ0n) is 14.4. The predicted octanol–water partition coefficient (Wildman–Crippen LogP) is 4.61. The third-order valence-corrected chi connectivity index (χ3v) is 3.70. The fraction of sp³-hybridized carbons (Fsp3) is 0.0500. The van der Waals surface area contributed by atoms with Crippen LogP contribution in [0.2, 0.25) is 0 Å². The van der Waals surface area contributed by atoms with Crippen molar-refractivity contribution in [2.45, 2.75) is 6.18 Å². The van der Waals surface area contributed by atoms with Crippen molar-refractivity contribution in [3.05, 3.63) is 89.7 Å². The summed E-state index contributed by atoms with van der Waals surface area (Å²) in [6.45, 7) is 0. The highest BCUT2D eigenvalue weighted by molar-refractivity contribution is 6.00. The second-order valence-electron chi connectivity index (χ2n) is 5.73. The van der Waals surface area contributed by atoms with E-state index in [1.807, 2.05) is 0 Å². The van der Waals surface area contributed by atoms with Crippen LogP contribution in [-0.4, -0.2) is 17.1 Å². The van der Waals surface area contributed by atoms with E-state index in [2.05, 4.69) is 20.8 Å². The van der Waals surface area contributed by atoms with Gasteiger partial charge in [0.2, 0.25) is 0 Å². The molecular weight excluding hydrogens is 369 g/mol. The van der Waals surface area contributed by atoms with E-state index < -0.39 is 17.6 Å². The summed E-state index contributed by atoms with van der Waals surface area (Å²) in [4.78, 5) is 16.3. The van der Waals surface area contributed by atoms with Crippen LogP contribution in [0.25, 0.3) is 0 Å². The molecule has 0 saturated carbocycles. The summed E-state index contributed by atoms with van der Waals surface area (Å²) in [6, 6.07) is 14.7. The number of hydrogen-bond acceptors (Lipinski definition) is 4. The fourth-order valence-corrected chi connectivity index (χ4v) is 2.40. The molecule has 0 atom stereocenters. The Hall–Kier alpha value is -3.68. The van der Waals surface area contributed by atoms with Crippen molar-refractivity contribution in [2.75, 3.05) is 5.32 Å². The first kappa shape index (κ1) is 19.1. The van der Waals surface area contributed by atoms with Gasteiger partial charge in [0.15, 0.2) is 0 Å². The lowest BCUT2D eigenvalue weighted by Crippen LogP contribution is -2.19. The number of alkyl halides is 3. The van der Waals surface area contributed by atoms with Crippen LogP contribution in [0.1, 0.15) is 21.5 Å². The van der Waals surface area contributed by atoms with Gasteiger partial charge < -0.3 is 5.32 Å². The SMILES string of the molecule is O=C(N/N=C/c1cccnc1)c1ccccc1Nc1cccc(C(F)(F)F)c1. The van der Waals surface area contributed by atoms with Gasteiger partial charge in [-0.25, -0.2) is 5.43 Å². The Bertz CT molecular complexity index is 988. The largest absolute Gasteiger partial charge is 0.416 e. The van der Waals surface area contributed by atoms with Gasteiger partial charge in [-0.15, -0.1) is 0 Å². The molecule has 0 aliphatic heterocycles. The number of rotatable bonds is 5. The number of nitrogens with one attached hydrogen (secondary N) is 2. The number of amides is 1. The predicted molar refractivity (Wildman–Crippen MR) is 100 cm³/mol. The Morgan fingerprint density at radius 1 is 1.04 bits per heavy atom. The number of pyridine rings is 1. The standard InChI is InChI=1S/C20H15F3N4O/c21-20(22,23)15-6-3-7-16(11-15)26-18-9-2-1-8-17(18)19(28)27-25-13-14-5-4-10-24-12-14/h1-13,26H,(H,27,28)/b25-13+. The Morgan fingerprint density at radius 2 is 1.86 bits per heavy atom. The van der Waals surface area contributed by atoms with Crippen LogP contribution >= 0.6 is 0 Å². The van der Waals surface area contributed by atoms with Crippen LogP contribution in [0.3, 0.4) is 0 Å². The number of nitrogens with zero attached hydrogens (tertiary/aromatic N) is 2. The van der Waals surface area contributed by atoms with Gasteiger partial charge >= 0.3 is 6.18 Å². The van der Waals surface area contributed by atoms with Crippen LogP contribution in [-0.2, 0) is 6.18 Å². The third kappa shape index (κ3) is 4.94. The van der Waals surface area contributed by atoms with Crippen LogP contribution in [0.15, 0.2) is 78.2 Å². The highest BCUT2D eigenvalue weighted by Gasteiger charge is 2.30. The number of benzene rings is 2. The van der Waals surface area contributed by atoms with Crippen molar-refractivity contribution >= 4 is 23.5 Å². The average molecular weight is 384 g/mol. The first-order valence-electron chi connectivity index (χ1n) is 8.20. The molecule has 2 aromatic carbocycles.